The molecule has 0 fully saturated rings. The van der Waals surface area contributed by atoms with E-state index in [0.29, 0.717) is 30.4 Å². The van der Waals surface area contributed by atoms with Crippen LogP contribution in [0.1, 0.15) is 88.5 Å². The highest BCUT2D eigenvalue weighted by Crippen LogP contribution is 2.41. The molecule has 0 amide bonds. The van der Waals surface area contributed by atoms with Gasteiger partial charge in [-0.3, -0.25) is 4.84 Å². The molecular formula is C26H57NO6P2. The van der Waals surface area contributed by atoms with E-state index in [-0.39, 0.29) is 24.4 Å². The summed E-state index contributed by atoms with van der Waals surface area (Å²) in [7, 11) is 2.78. The van der Waals surface area contributed by atoms with E-state index in [1.807, 2.05) is 0 Å². The van der Waals surface area contributed by atoms with Gasteiger partial charge in [-0.25, -0.2) is 0 Å². The highest BCUT2D eigenvalue weighted by Gasteiger charge is 2.34. The van der Waals surface area contributed by atoms with Gasteiger partial charge in [-0.1, -0.05) is 31.0 Å². The van der Waals surface area contributed by atoms with Crippen molar-refractivity contribution < 1.29 is 28.5 Å². The smallest absolute Gasteiger partial charge is 0.184 e. The summed E-state index contributed by atoms with van der Waals surface area (Å²) in [4.78, 5) is 6.16. The minimum absolute atomic E-state index is 0.118. The first-order valence-corrected chi connectivity index (χ1v) is 15.9. The molecule has 2 unspecified atom stereocenters. The van der Waals surface area contributed by atoms with Crippen molar-refractivity contribution in [3.05, 3.63) is 0 Å². The van der Waals surface area contributed by atoms with Crippen molar-refractivity contribution in [1.29, 1.82) is 0 Å². The zero-order valence-electron chi connectivity index (χ0n) is 24.6. The van der Waals surface area contributed by atoms with E-state index < -0.39 is 11.1 Å². The fourth-order valence-electron chi connectivity index (χ4n) is 3.71. The summed E-state index contributed by atoms with van der Waals surface area (Å²) in [6.07, 6.45) is 4.90. The average molecular weight is 542 g/mol. The van der Waals surface area contributed by atoms with Crippen molar-refractivity contribution in [2.45, 2.75) is 124 Å². The van der Waals surface area contributed by atoms with Crippen LogP contribution in [0.25, 0.3) is 0 Å². The summed E-state index contributed by atoms with van der Waals surface area (Å²) >= 11 is 0. The van der Waals surface area contributed by atoms with Crippen LogP contribution in [0.4, 0.5) is 0 Å². The molecule has 0 saturated carbocycles. The quantitative estimate of drug-likeness (QED) is 0.0638. The molecule has 35 heavy (non-hydrogen) atoms. The normalized spacial score (nSPS) is 14.1. The number of nitrogens with zero attached hydrogens (tertiary/aromatic N) is 1. The number of ether oxygens (including phenoxy) is 5. The van der Waals surface area contributed by atoms with Gasteiger partial charge in [0, 0.05) is 39.6 Å². The summed E-state index contributed by atoms with van der Waals surface area (Å²) in [5.74, 6) is 0. The number of hydrogen-bond acceptors (Lipinski definition) is 7. The SMILES string of the molecule is CCC(OC(C)C)(OC(C)C)PCCN(CCPC(CC)(OC(C)C)OC(C)C)OCCCOC. The Bertz CT molecular complexity index is 450. The van der Waals surface area contributed by atoms with Crippen molar-refractivity contribution >= 4 is 17.2 Å². The predicted octanol–water partition coefficient (Wildman–Crippen LogP) is 6.44. The van der Waals surface area contributed by atoms with Crippen molar-refractivity contribution in [3.63, 3.8) is 0 Å². The molecule has 0 aliphatic rings. The lowest BCUT2D eigenvalue weighted by atomic mass is 10.4. The fourth-order valence-corrected chi connectivity index (χ4v) is 6.97. The Morgan fingerprint density at radius 1 is 0.629 bits per heavy atom. The molecule has 0 bridgehead atoms. The summed E-state index contributed by atoms with van der Waals surface area (Å²) in [5.41, 5.74) is -1.06. The van der Waals surface area contributed by atoms with Gasteiger partial charge < -0.3 is 23.7 Å². The molecule has 0 heterocycles. The van der Waals surface area contributed by atoms with Gasteiger partial charge in [-0.15, -0.1) is 0 Å². The molecule has 0 saturated heterocycles. The fraction of sp³-hybridized carbons (Fsp3) is 1.00. The zero-order chi connectivity index (χ0) is 26.9. The van der Waals surface area contributed by atoms with E-state index in [2.05, 4.69) is 74.3 Å². The maximum absolute atomic E-state index is 6.29. The van der Waals surface area contributed by atoms with E-state index in [4.69, 9.17) is 28.5 Å². The van der Waals surface area contributed by atoms with Crippen LogP contribution in [-0.4, -0.2) is 86.3 Å². The van der Waals surface area contributed by atoms with Crippen LogP contribution in [-0.2, 0) is 28.5 Å². The summed E-state index contributed by atoms with van der Waals surface area (Å²) in [6.45, 7) is 23.9. The second kappa shape index (κ2) is 19.6. The Balaban J connectivity index is 5.16. The first kappa shape index (κ1) is 35.6. The van der Waals surface area contributed by atoms with Crippen molar-refractivity contribution in [2.75, 3.05) is 45.7 Å². The van der Waals surface area contributed by atoms with Gasteiger partial charge in [0.2, 0.25) is 0 Å². The van der Waals surface area contributed by atoms with Crippen LogP contribution in [0.5, 0.6) is 0 Å². The molecule has 212 valence electrons. The topological polar surface area (TPSA) is 58.6 Å². The highest BCUT2D eigenvalue weighted by atomic mass is 31.1. The molecule has 0 radical (unpaired) electrons. The number of hydrogen-bond donors (Lipinski definition) is 0. The molecule has 7 nitrogen and oxygen atoms in total. The molecule has 0 aliphatic carbocycles. The zero-order valence-corrected chi connectivity index (χ0v) is 26.6. The van der Waals surface area contributed by atoms with Crippen LogP contribution >= 0.6 is 17.2 Å². The van der Waals surface area contributed by atoms with E-state index in [0.717, 1.165) is 44.7 Å². The molecule has 0 aromatic carbocycles. The maximum Gasteiger partial charge on any atom is 0.184 e. The number of methoxy groups -OCH3 is 1. The van der Waals surface area contributed by atoms with E-state index in [9.17, 15) is 0 Å². The van der Waals surface area contributed by atoms with E-state index in [1.54, 1.807) is 7.11 Å². The lowest BCUT2D eigenvalue weighted by Crippen LogP contribution is -2.38. The molecule has 0 spiro atoms. The average Bonchev–Trinajstić information content (AvgIpc) is 2.74. The molecule has 0 aromatic heterocycles. The van der Waals surface area contributed by atoms with Gasteiger partial charge >= 0.3 is 0 Å². The molecule has 0 rings (SSSR count). The molecule has 9 heteroatoms. The lowest BCUT2D eigenvalue weighted by molar-refractivity contribution is -0.211. The third kappa shape index (κ3) is 16.9. The molecular weight excluding hydrogens is 484 g/mol. The minimum Gasteiger partial charge on any atom is -0.385 e. The second-order valence-electron chi connectivity index (χ2n) is 9.84. The molecule has 0 N–H and O–H groups in total. The van der Waals surface area contributed by atoms with Gasteiger partial charge in [0.25, 0.3) is 0 Å². The van der Waals surface area contributed by atoms with E-state index >= 15 is 0 Å². The Labute approximate surface area is 220 Å². The van der Waals surface area contributed by atoms with Gasteiger partial charge in [-0.2, -0.15) is 5.06 Å². The molecule has 0 aromatic rings. The maximum atomic E-state index is 6.29. The number of hydroxylamine groups is 2. The summed E-state index contributed by atoms with van der Waals surface area (Å²) in [6, 6.07) is 0. The highest BCUT2D eigenvalue weighted by molar-refractivity contribution is 7.39. The van der Waals surface area contributed by atoms with Gasteiger partial charge in [0.05, 0.1) is 31.0 Å². The molecule has 0 aliphatic heterocycles. The van der Waals surface area contributed by atoms with Crippen LogP contribution in [0.15, 0.2) is 0 Å². The van der Waals surface area contributed by atoms with Crippen molar-refractivity contribution in [3.8, 4) is 0 Å². The van der Waals surface area contributed by atoms with Crippen LogP contribution in [0, 0.1) is 0 Å². The number of rotatable bonds is 23. The predicted molar refractivity (Wildman–Crippen MR) is 151 cm³/mol. The first-order chi connectivity index (χ1) is 16.4. The first-order valence-electron chi connectivity index (χ1n) is 13.5. The Hall–Kier alpha value is 0.580. The summed E-state index contributed by atoms with van der Waals surface area (Å²) in [5, 5.41) is 2.10. The largest absolute Gasteiger partial charge is 0.385 e. The second-order valence-corrected chi connectivity index (χ2v) is 13.1. The Morgan fingerprint density at radius 2 is 1.00 bits per heavy atom. The third-order valence-electron chi connectivity index (χ3n) is 4.91. The van der Waals surface area contributed by atoms with Gasteiger partial charge in [-0.05, 0) is 74.1 Å². The third-order valence-corrected chi connectivity index (χ3v) is 8.12. The Morgan fingerprint density at radius 3 is 1.29 bits per heavy atom. The van der Waals surface area contributed by atoms with Crippen LogP contribution < -0.4 is 0 Å². The monoisotopic (exact) mass is 541 g/mol. The van der Waals surface area contributed by atoms with Gasteiger partial charge in [0.15, 0.2) is 11.1 Å². The van der Waals surface area contributed by atoms with Crippen LogP contribution in [0.2, 0.25) is 0 Å². The van der Waals surface area contributed by atoms with Crippen LogP contribution in [0.3, 0.4) is 0 Å². The van der Waals surface area contributed by atoms with E-state index in [1.165, 1.54) is 0 Å². The lowest BCUT2D eigenvalue weighted by Gasteiger charge is -2.37. The minimum atomic E-state index is -0.528. The Kier molecular flexibility index (Phi) is 19.9. The standard InChI is InChI=1S/C26H57NO6P2/c1-12-25(30-21(3)4,31-22(5)6)34-19-15-27(29-18-14-17-28-11)16-20-35-26(13-2,32-23(7)8)33-24(9)10/h21-24,34-35H,12-20H2,1-11H3. The molecule has 2 atom stereocenters. The van der Waals surface area contributed by atoms with Crippen molar-refractivity contribution in [1.82, 2.24) is 5.06 Å². The van der Waals surface area contributed by atoms with Gasteiger partial charge in [0.1, 0.15) is 0 Å². The summed E-state index contributed by atoms with van der Waals surface area (Å²) < 4.78 is 30.3. The van der Waals surface area contributed by atoms with Crippen molar-refractivity contribution in [2.24, 2.45) is 0 Å².